The number of unbranched alkanes of at least 4 members (excludes halogenated alkanes) is 1. The van der Waals surface area contributed by atoms with Crippen molar-refractivity contribution in [1.29, 1.82) is 0 Å². The Morgan fingerprint density at radius 3 is 1.27 bits per heavy atom. The molecule has 95 valence electrons. The topological polar surface area (TPSA) is 75.8 Å². The van der Waals surface area contributed by atoms with Gasteiger partial charge in [0.25, 0.3) is 0 Å². The van der Waals surface area contributed by atoms with Crippen LogP contribution in [0.2, 0.25) is 0 Å². The first-order valence-corrected chi connectivity index (χ1v) is 5.47. The van der Waals surface area contributed by atoms with E-state index in [1.807, 2.05) is 0 Å². The minimum absolute atomic E-state index is 0. The Morgan fingerprint density at radius 2 is 0.933 bits per heavy atom. The van der Waals surface area contributed by atoms with Gasteiger partial charge in [-0.05, 0) is 0 Å². The van der Waals surface area contributed by atoms with Gasteiger partial charge in [0.1, 0.15) is 0 Å². The molecule has 15 heavy (non-hydrogen) atoms. The molecule has 5 heteroatoms. The van der Waals surface area contributed by atoms with E-state index in [1.165, 1.54) is 0 Å². The average molecular weight is 262 g/mol. The molecule has 0 heterocycles. The first kappa shape index (κ1) is 17.7. The predicted octanol–water partition coefficient (Wildman–Crippen LogP) is 3.40. The SMILES string of the molecule is [Cu+2].[NH-]CCC[N-]CCCC[N-]CCC[NH-]. The molecule has 0 spiro atoms. The zero-order chi connectivity index (χ0) is 10.5. The van der Waals surface area contributed by atoms with Gasteiger partial charge < -0.3 is 22.1 Å². The van der Waals surface area contributed by atoms with Gasteiger partial charge in [-0.25, -0.2) is 0 Å². The van der Waals surface area contributed by atoms with Crippen LogP contribution in [0.3, 0.4) is 0 Å². The van der Waals surface area contributed by atoms with E-state index in [9.17, 15) is 0 Å². The van der Waals surface area contributed by atoms with Crippen molar-refractivity contribution in [2.75, 3.05) is 39.3 Å². The van der Waals surface area contributed by atoms with Gasteiger partial charge in [0.05, 0.1) is 0 Å². The minimum atomic E-state index is 0. The number of hydrogen-bond donors (Lipinski definition) is 0. The minimum Gasteiger partial charge on any atom is -0.677 e. The zero-order valence-electron chi connectivity index (χ0n) is 9.27. The molecule has 0 aromatic carbocycles. The predicted molar refractivity (Wildman–Crippen MR) is 63.0 cm³/mol. The van der Waals surface area contributed by atoms with Crippen molar-refractivity contribution in [3.8, 4) is 0 Å². The summed E-state index contributed by atoms with van der Waals surface area (Å²) < 4.78 is 0. The van der Waals surface area contributed by atoms with Crippen molar-refractivity contribution in [2.45, 2.75) is 25.7 Å². The van der Waals surface area contributed by atoms with Crippen molar-refractivity contribution in [3.63, 3.8) is 0 Å². The van der Waals surface area contributed by atoms with E-state index in [4.69, 9.17) is 11.5 Å². The average Bonchev–Trinajstić information content (AvgIpc) is 2.21. The van der Waals surface area contributed by atoms with Crippen LogP contribution < -0.4 is 0 Å². The van der Waals surface area contributed by atoms with Gasteiger partial charge in [0.2, 0.25) is 0 Å². The first-order valence-electron chi connectivity index (χ1n) is 5.47. The maximum Gasteiger partial charge on any atom is 2.00 e. The van der Waals surface area contributed by atoms with E-state index in [0.29, 0.717) is 13.1 Å². The van der Waals surface area contributed by atoms with Crippen molar-refractivity contribution in [2.24, 2.45) is 0 Å². The van der Waals surface area contributed by atoms with Crippen molar-refractivity contribution in [3.05, 3.63) is 22.1 Å². The molecule has 0 atom stereocenters. The number of hydrogen-bond acceptors (Lipinski definition) is 0. The molecule has 0 aromatic rings. The van der Waals surface area contributed by atoms with E-state index in [-0.39, 0.29) is 17.1 Å². The van der Waals surface area contributed by atoms with E-state index in [0.717, 1.165) is 51.9 Å². The van der Waals surface area contributed by atoms with Gasteiger partial charge in [-0.1, -0.05) is 25.7 Å². The molecular weight excluding hydrogens is 240 g/mol. The van der Waals surface area contributed by atoms with Crippen molar-refractivity contribution in [1.82, 2.24) is 0 Å². The monoisotopic (exact) mass is 261 g/mol. The zero-order valence-corrected chi connectivity index (χ0v) is 10.2. The molecule has 1 radical (unpaired) electrons. The smallest absolute Gasteiger partial charge is 0.677 e. The Kier molecular flexibility index (Phi) is 19.8. The third-order valence-corrected chi connectivity index (χ3v) is 1.87. The molecule has 0 unspecified atom stereocenters. The second kappa shape index (κ2) is 16.8. The third kappa shape index (κ3) is 17.0. The van der Waals surface area contributed by atoms with Crippen LogP contribution in [0.15, 0.2) is 0 Å². The molecule has 0 bridgehead atoms. The van der Waals surface area contributed by atoms with Crippen LogP contribution >= 0.6 is 0 Å². The summed E-state index contributed by atoms with van der Waals surface area (Å²) in [6.07, 6.45) is 4.02. The summed E-state index contributed by atoms with van der Waals surface area (Å²) >= 11 is 0. The van der Waals surface area contributed by atoms with E-state index in [2.05, 4.69) is 10.6 Å². The quantitative estimate of drug-likeness (QED) is 0.404. The largest absolute Gasteiger partial charge is 2.00 e. The van der Waals surface area contributed by atoms with Gasteiger partial charge in [0.15, 0.2) is 0 Å². The number of nitrogens with zero attached hydrogens (tertiary/aromatic N) is 2. The van der Waals surface area contributed by atoms with E-state index >= 15 is 0 Å². The summed E-state index contributed by atoms with van der Waals surface area (Å²) in [5, 5.41) is 8.61. The van der Waals surface area contributed by atoms with Gasteiger partial charge in [-0.2, -0.15) is 26.2 Å². The molecule has 0 amide bonds. The second-order valence-electron chi connectivity index (χ2n) is 3.26. The normalized spacial score (nSPS) is 10.0. The molecule has 0 fully saturated rings. The molecule has 0 aliphatic rings. The molecule has 4 nitrogen and oxygen atoms in total. The fraction of sp³-hybridized carbons (Fsp3) is 1.00. The Hall–Kier alpha value is 0.359. The summed E-state index contributed by atoms with van der Waals surface area (Å²) in [4.78, 5) is 0. The number of rotatable bonds is 11. The van der Waals surface area contributed by atoms with Crippen molar-refractivity contribution >= 4 is 0 Å². The van der Waals surface area contributed by atoms with E-state index < -0.39 is 0 Å². The molecule has 0 saturated heterocycles. The third-order valence-electron chi connectivity index (χ3n) is 1.87. The molecular formula is C10H22CuN4-2. The Labute approximate surface area is 104 Å². The van der Waals surface area contributed by atoms with Crippen LogP contribution in [0.4, 0.5) is 0 Å². The number of nitrogens with one attached hydrogen (secondary N) is 2. The Morgan fingerprint density at radius 1 is 0.600 bits per heavy atom. The molecule has 2 N–H and O–H groups in total. The van der Waals surface area contributed by atoms with Gasteiger partial charge in [-0.3, -0.25) is 0 Å². The molecule has 0 saturated carbocycles. The van der Waals surface area contributed by atoms with Gasteiger partial charge in [-0.15, -0.1) is 13.1 Å². The summed E-state index contributed by atoms with van der Waals surface area (Å²) in [5.41, 5.74) is 13.8. The summed E-state index contributed by atoms with van der Waals surface area (Å²) in [6.45, 7) is 4.53. The standard InChI is InChI=1S/C10H22N4.Cu/c11-5-3-9-13-7-1-2-8-14-10-4-6-12;/h11-12H,1-10H2;/q-4;+2. The summed E-state index contributed by atoms with van der Waals surface area (Å²) in [7, 11) is 0. The second-order valence-corrected chi connectivity index (χ2v) is 3.26. The maximum atomic E-state index is 6.92. The van der Waals surface area contributed by atoms with Crippen molar-refractivity contribution < 1.29 is 17.1 Å². The van der Waals surface area contributed by atoms with Gasteiger partial charge in [0, 0.05) is 0 Å². The molecule has 0 aromatic heterocycles. The van der Waals surface area contributed by atoms with Crippen LogP contribution in [0.1, 0.15) is 25.7 Å². The Bertz CT molecular complexity index is 91.4. The Balaban J connectivity index is 0. The van der Waals surface area contributed by atoms with Crippen LogP contribution in [-0.2, 0) is 17.1 Å². The maximum absolute atomic E-state index is 6.92. The van der Waals surface area contributed by atoms with Crippen LogP contribution in [0.25, 0.3) is 22.1 Å². The molecule has 0 aliphatic heterocycles. The molecule has 0 rings (SSSR count). The first-order chi connectivity index (χ1) is 6.91. The van der Waals surface area contributed by atoms with Crippen LogP contribution in [-0.4, -0.2) is 39.3 Å². The fourth-order valence-corrected chi connectivity index (χ4v) is 1.05. The fourth-order valence-electron chi connectivity index (χ4n) is 1.05. The van der Waals surface area contributed by atoms with Gasteiger partial charge >= 0.3 is 17.1 Å². The summed E-state index contributed by atoms with van der Waals surface area (Å²) in [5.74, 6) is 0. The molecule has 0 aliphatic carbocycles. The summed E-state index contributed by atoms with van der Waals surface area (Å²) in [6, 6.07) is 0. The van der Waals surface area contributed by atoms with Crippen LogP contribution in [0.5, 0.6) is 0 Å². The van der Waals surface area contributed by atoms with E-state index in [1.54, 1.807) is 0 Å². The van der Waals surface area contributed by atoms with Crippen LogP contribution in [0, 0.1) is 0 Å².